The Morgan fingerprint density at radius 1 is 1.05 bits per heavy atom. The molecule has 1 amide bonds. The number of nitrogen functional groups attached to an aromatic ring is 1. The SMILES string of the molecule is NC(=O)c1ccc(N2CCc3ccc(N)cc3C2)cc1. The predicted molar refractivity (Wildman–Crippen MR) is 80.6 cm³/mol. The number of primary amides is 1. The van der Waals surface area contributed by atoms with Gasteiger partial charge in [-0.25, -0.2) is 0 Å². The summed E-state index contributed by atoms with van der Waals surface area (Å²) in [5.41, 5.74) is 16.2. The van der Waals surface area contributed by atoms with Crippen LogP contribution in [-0.4, -0.2) is 12.5 Å². The minimum atomic E-state index is -0.395. The molecule has 1 aliphatic heterocycles. The van der Waals surface area contributed by atoms with Gasteiger partial charge in [-0.1, -0.05) is 6.07 Å². The highest BCUT2D eigenvalue weighted by Crippen LogP contribution is 2.26. The predicted octanol–water partition coefficient (Wildman–Crippen LogP) is 1.93. The lowest BCUT2D eigenvalue weighted by molar-refractivity contribution is 0.100. The van der Waals surface area contributed by atoms with Crippen molar-refractivity contribution in [3.05, 3.63) is 59.2 Å². The Balaban J connectivity index is 1.84. The number of carbonyl (C=O) groups is 1. The summed E-state index contributed by atoms with van der Waals surface area (Å²) in [6, 6.07) is 13.5. The fourth-order valence-corrected chi connectivity index (χ4v) is 2.63. The molecule has 4 N–H and O–H groups in total. The van der Waals surface area contributed by atoms with Crippen LogP contribution in [0.1, 0.15) is 21.5 Å². The van der Waals surface area contributed by atoms with Gasteiger partial charge in [0.15, 0.2) is 0 Å². The van der Waals surface area contributed by atoms with E-state index in [2.05, 4.69) is 11.0 Å². The molecule has 0 atom stereocenters. The van der Waals surface area contributed by atoms with E-state index in [9.17, 15) is 4.79 Å². The molecule has 0 saturated carbocycles. The van der Waals surface area contributed by atoms with Gasteiger partial charge in [-0.2, -0.15) is 0 Å². The Bertz CT molecular complexity index is 649. The maximum Gasteiger partial charge on any atom is 0.248 e. The van der Waals surface area contributed by atoms with E-state index in [0.717, 1.165) is 30.9 Å². The summed E-state index contributed by atoms with van der Waals surface area (Å²) in [6.07, 6.45) is 1.01. The zero-order valence-corrected chi connectivity index (χ0v) is 11.2. The molecule has 2 aromatic rings. The normalized spacial score (nSPS) is 13.9. The Hall–Kier alpha value is -2.49. The van der Waals surface area contributed by atoms with Gasteiger partial charge < -0.3 is 16.4 Å². The van der Waals surface area contributed by atoms with Crippen molar-refractivity contribution in [1.82, 2.24) is 0 Å². The first-order valence-electron chi connectivity index (χ1n) is 6.65. The molecule has 0 unspecified atom stereocenters. The topological polar surface area (TPSA) is 72.4 Å². The monoisotopic (exact) mass is 267 g/mol. The molecule has 20 heavy (non-hydrogen) atoms. The van der Waals surface area contributed by atoms with Crippen molar-refractivity contribution in [2.24, 2.45) is 5.73 Å². The quantitative estimate of drug-likeness (QED) is 0.817. The highest BCUT2D eigenvalue weighted by Gasteiger charge is 2.16. The van der Waals surface area contributed by atoms with Crippen LogP contribution >= 0.6 is 0 Å². The average molecular weight is 267 g/mol. The fraction of sp³-hybridized carbons (Fsp3) is 0.188. The Morgan fingerprint density at radius 2 is 1.80 bits per heavy atom. The van der Waals surface area contributed by atoms with E-state index in [-0.39, 0.29) is 0 Å². The molecule has 0 spiro atoms. The van der Waals surface area contributed by atoms with Gasteiger partial charge in [0.1, 0.15) is 0 Å². The summed E-state index contributed by atoms with van der Waals surface area (Å²) in [5.74, 6) is -0.395. The zero-order chi connectivity index (χ0) is 14.1. The number of benzene rings is 2. The van der Waals surface area contributed by atoms with Crippen molar-refractivity contribution in [2.75, 3.05) is 17.2 Å². The molecular formula is C16H17N3O. The van der Waals surface area contributed by atoms with Crippen molar-refractivity contribution in [2.45, 2.75) is 13.0 Å². The van der Waals surface area contributed by atoms with E-state index in [1.165, 1.54) is 11.1 Å². The summed E-state index contributed by atoms with van der Waals surface area (Å²) in [6.45, 7) is 1.81. The maximum atomic E-state index is 11.1. The van der Waals surface area contributed by atoms with Gasteiger partial charge in [0.25, 0.3) is 0 Å². The largest absolute Gasteiger partial charge is 0.399 e. The number of nitrogens with two attached hydrogens (primary N) is 2. The number of anilines is 2. The van der Waals surface area contributed by atoms with E-state index < -0.39 is 5.91 Å². The smallest absolute Gasteiger partial charge is 0.248 e. The van der Waals surface area contributed by atoms with Crippen LogP contribution in [0, 0.1) is 0 Å². The van der Waals surface area contributed by atoms with E-state index in [1.54, 1.807) is 12.1 Å². The number of nitrogens with zero attached hydrogens (tertiary/aromatic N) is 1. The molecule has 2 aromatic carbocycles. The van der Waals surface area contributed by atoms with Gasteiger partial charge in [-0.05, 0) is 53.9 Å². The number of carbonyl (C=O) groups excluding carboxylic acids is 1. The molecule has 0 saturated heterocycles. The van der Waals surface area contributed by atoms with E-state index in [1.807, 2.05) is 24.3 Å². The number of fused-ring (bicyclic) bond motifs is 1. The highest BCUT2D eigenvalue weighted by atomic mass is 16.1. The molecule has 4 heteroatoms. The number of amides is 1. The summed E-state index contributed by atoms with van der Waals surface area (Å²) in [4.78, 5) is 13.4. The number of hydrogen-bond donors (Lipinski definition) is 2. The van der Waals surface area contributed by atoms with Crippen LogP contribution in [0.25, 0.3) is 0 Å². The Labute approximate surface area is 118 Å². The molecular weight excluding hydrogens is 250 g/mol. The van der Waals surface area contributed by atoms with Crippen LogP contribution in [0.3, 0.4) is 0 Å². The van der Waals surface area contributed by atoms with Crippen LogP contribution < -0.4 is 16.4 Å². The van der Waals surface area contributed by atoms with Crippen molar-refractivity contribution < 1.29 is 4.79 Å². The van der Waals surface area contributed by atoms with Gasteiger partial charge >= 0.3 is 0 Å². The van der Waals surface area contributed by atoms with Gasteiger partial charge in [0.2, 0.25) is 5.91 Å². The summed E-state index contributed by atoms with van der Waals surface area (Å²) >= 11 is 0. The first-order valence-corrected chi connectivity index (χ1v) is 6.65. The zero-order valence-electron chi connectivity index (χ0n) is 11.2. The molecule has 0 aromatic heterocycles. The van der Waals surface area contributed by atoms with Crippen LogP contribution in [0.2, 0.25) is 0 Å². The molecule has 1 aliphatic rings. The molecule has 1 heterocycles. The lowest BCUT2D eigenvalue weighted by Crippen LogP contribution is -2.30. The van der Waals surface area contributed by atoms with Crippen LogP contribution in [-0.2, 0) is 13.0 Å². The highest BCUT2D eigenvalue weighted by molar-refractivity contribution is 5.93. The molecule has 0 bridgehead atoms. The van der Waals surface area contributed by atoms with Gasteiger partial charge in [0.05, 0.1) is 0 Å². The van der Waals surface area contributed by atoms with Gasteiger partial charge in [0, 0.05) is 30.0 Å². The first-order chi connectivity index (χ1) is 9.63. The lowest BCUT2D eigenvalue weighted by atomic mass is 9.98. The second kappa shape index (κ2) is 4.89. The number of rotatable bonds is 2. The van der Waals surface area contributed by atoms with E-state index in [0.29, 0.717) is 5.56 Å². The third-order valence-electron chi connectivity index (χ3n) is 3.76. The Kier molecular flexibility index (Phi) is 3.06. The second-order valence-corrected chi connectivity index (χ2v) is 5.11. The molecule has 102 valence electrons. The van der Waals surface area contributed by atoms with Crippen LogP contribution in [0.4, 0.5) is 11.4 Å². The summed E-state index contributed by atoms with van der Waals surface area (Å²) in [5, 5.41) is 0. The molecule has 0 radical (unpaired) electrons. The van der Waals surface area contributed by atoms with Crippen molar-refractivity contribution >= 4 is 17.3 Å². The van der Waals surface area contributed by atoms with E-state index >= 15 is 0 Å². The molecule has 4 nitrogen and oxygen atoms in total. The van der Waals surface area contributed by atoms with Crippen molar-refractivity contribution in [3.63, 3.8) is 0 Å². The van der Waals surface area contributed by atoms with Gasteiger partial charge in [-0.15, -0.1) is 0 Å². The standard InChI is InChI=1S/C16H17N3O/c17-14-4-1-11-7-8-19(10-13(11)9-14)15-5-2-12(3-6-15)16(18)20/h1-6,9H,7-8,10,17H2,(H2,18,20). The lowest BCUT2D eigenvalue weighted by Gasteiger charge is -2.31. The van der Waals surface area contributed by atoms with Crippen molar-refractivity contribution in [3.8, 4) is 0 Å². The second-order valence-electron chi connectivity index (χ2n) is 5.11. The van der Waals surface area contributed by atoms with E-state index in [4.69, 9.17) is 11.5 Å². The maximum absolute atomic E-state index is 11.1. The van der Waals surface area contributed by atoms with Crippen LogP contribution in [0.5, 0.6) is 0 Å². The number of hydrogen-bond acceptors (Lipinski definition) is 3. The molecule has 3 rings (SSSR count). The minimum Gasteiger partial charge on any atom is -0.399 e. The Morgan fingerprint density at radius 3 is 2.50 bits per heavy atom. The summed E-state index contributed by atoms with van der Waals surface area (Å²) < 4.78 is 0. The molecule has 0 aliphatic carbocycles. The average Bonchev–Trinajstić information content (AvgIpc) is 2.46. The molecule has 0 fully saturated rings. The minimum absolute atomic E-state index is 0.395. The first kappa shape index (κ1) is 12.5. The third-order valence-corrected chi connectivity index (χ3v) is 3.76. The van der Waals surface area contributed by atoms with Crippen LogP contribution in [0.15, 0.2) is 42.5 Å². The fourth-order valence-electron chi connectivity index (χ4n) is 2.63. The van der Waals surface area contributed by atoms with Gasteiger partial charge in [-0.3, -0.25) is 4.79 Å². The summed E-state index contributed by atoms with van der Waals surface area (Å²) in [7, 11) is 0. The third kappa shape index (κ3) is 2.32. The van der Waals surface area contributed by atoms with Crippen molar-refractivity contribution in [1.29, 1.82) is 0 Å².